The number of carbonyl (C=O) groups excluding carboxylic acids is 1. The molecule has 0 aromatic heterocycles. The molecule has 0 bridgehead atoms. The molecule has 0 aliphatic heterocycles. The highest BCUT2D eigenvalue weighted by atomic mass is 35.5. The summed E-state index contributed by atoms with van der Waals surface area (Å²) in [6.07, 6.45) is -4.62. The van der Waals surface area contributed by atoms with Gasteiger partial charge in [0.2, 0.25) is 0 Å². The van der Waals surface area contributed by atoms with Crippen LogP contribution in [0.5, 0.6) is 0 Å². The lowest BCUT2D eigenvalue weighted by Gasteiger charge is -2.13. The molecule has 0 N–H and O–H groups in total. The molecule has 0 heterocycles. The summed E-state index contributed by atoms with van der Waals surface area (Å²) in [5, 5.41) is -1.42. The predicted molar refractivity (Wildman–Crippen MR) is 100 cm³/mol. The van der Waals surface area contributed by atoms with Gasteiger partial charge in [0.05, 0.1) is 11.5 Å². The SMILES string of the molecule is CC(=CCl)Cc1c(F)c(F)c(COC(=O)[C@H]2[C@@H](/C=C(\Cl)C(F)(F)F)C2(C)C)c(F)c1F. The van der Waals surface area contributed by atoms with Gasteiger partial charge in [-0.2, -0.15) is 13.2 Å². The maximum atomic E-state index is 14.3. The number of alkyl halides is 3. The smallest absolute Gasteiger partial charge is 0.426 e. The molecule has 2 atom stereocenters. The van der Waals surface area contributed by atoms with Gasteiger partial charge in [-0.05, 0) is 18.3 Å². The number of hydrogen-bond donors (Lipinski definition) is 0. The van der Waals surface area contributed by atoms with Crippen LogP contribution in [0.2, 0.25) is 0 Å². The quantitative estimate of drug-likeness (QED) is 0.244. The van der Waals surface area contributed by atoms with E-state index in [-0.39, 0.29) is 5.57 Å². The molecule has 1 aromatic carbocycles. The fourth-order valence-corrected chi connectivity index (χ4v) is 3.46. The molecule has 1 aliphatic carbocycles. The third-order valence-corrected chi connectivity index (χ3v) is 5.92. The monoisotopic (exact) mass is 492 g/mol. The Labute approximate surface area is 183 Å². The molecule has 0 radical (unpaired) electrons. The van der Waals surface area contributed by atoms with E-state index in [1.807, 2.05) is 0 Å². The lowest BCUT2D eigenvalue weighted by atomic mass is 10.0. The topological polar surface area (TPSA) is 26.3 Å². The molecular formula is C20H17Cl2F7O2. The van der Waals surface area contributed by atoms with E-state index in [2.05, 4.69) is 0 Å². The maximum Gasteiger partial charge on any atom is 0.426 e. The van der Waals surface area contributed by atoms with Gasteiger partial charge >= 0.3 is 12.1 Å². The van der Waals surface area contributed by atoms with E-state index < -0.39 is 81.9 Å². The van der Waals surface area contributed by atoms with E-state index in [0.717, 1.165) is 5.54 Å². The summed E-state index contributed by atoms with van der Waals surface area (Å²) in [6.45, 7) is 3.20. The Kier molecular flexibility index (Phi) is 7.42. The van der Waals surface area contributed by atoms with Crippen molar-refractivity contribution >= 4 is 29.2 Å². The van der Waals surface area contributed by atoms with Gasteiger partial charge in [0, 0.05) is 17.5 Å². The maximum absolute atomic E-state index is 14.3. The first kappa shape index (κ1) is 25.5. The number of rotatable bonds is 6. The summed E-state index contributed by atoms with van der Waals surface area (Å²) in [4.78, 5) is 12.2. The molecule has 172 valence electrons. The van der Waals surface area contributed by atoms with Crippen LogP contribution in [-0.2, 0) is 22.6 Å². The molecule has 1 aliphatic rings. The highest BCUT2D eigenvalue weighted by Crippen LogP contribution is 2.60. The highest BCUT2D eigenvalue weighted by molar-refractivity contribution is 6.30. The van der Waals surface area contributed by atoms with Crippen LogP contribution in [0.4, 0.5) is 30.7 Å². The fourth-order valence-electron chi connectivity index (χ4n) is 3.25. The first-order valence-electron chi connectivity index (χ1n) is 8.85. The minimum Gasteiger partial charge on any atom is -0.460 e. The van der Waals surface area contributed by atoms with Crippen LogP contribution in [0.25, 0.3) is 0 Å². The molecule has 0 unspecified atom stereocenters. The molecule has 1 fully saturated rings. The molecule has 31 heavy (non-hydrogen) atoms. The van der Waals surface area contributed by atoms with E-state index >= 15 is 0 Å². The van der Waals surface area contributed by atoms with Crippen molar-refractivity contribution in [1.29, 1.82) is 0 Å². The number of ether oxygens (including phenoxy) is 1. The van der Waals surface area contributed by atoms with Gasteiger partial charge < -0.3 is 4.74 Å². The number of benzene rings is 1. The molecule has 0 amide bonds. The van der Waals surface area contributed by atoms with Crippen LogP contribution in [0, 0.1) is 40.5 Å². The van der Waals surface area contributed by atoms with Crippen molar-refractivity contribution in [3.8, 4) is 0 Å². The zero-order chi connectivity index (χ0) is 23.9. The first-order chi connectivity index (χ1) is 14.1. The van der Waals surface area contributed by atoms with Crippen LogP contribution < -0.4 is 0 Å². The highest BCUT2D eigenvalue weighted by Gasteiger charge is 2.62. The normalized spacial score (nSPS) is 21.3. The van der Waals surface area contributed by atoms with E-state index in [4.69, 9.17) is 27.9 Å². The van der Waals surface area contributed by atoms with Crippen LogP contribution in [-0.4, -0.2) is 12.1 Å². The second-order valence-corrected chi connectivity index (χ2v) is 8.42. The van der Waals surface area contributed by atoms with Crippen LogP contribution in [0.3, 0.4) is 0 Å². The van der Waals surface area contributed by atoms with E-state index in [1.165, 1.54) is 20.8 Å². The summed E-state index contributed by atoms with van der Waals surface area (Å²) in [5.41, 5.74) is -1.76. The van der Waals surface area contributed by atoms with Crippen molar-refractivity contribution in [1.82, 2.24) is 0 Å². The number of carbonyl (C=O) groups is 1. The second kappa shape index (κ2) is 9.02. The lowest BCUT2D eigenvalue weighted by Crippen LogP contribution is -2.15. The fraction of sp³-hybridized carbons (Fsp3) is 0.450. The minimum absolute atomic E-state index is 0.241. The Morgan fingerprint density at radius 1 is 1.06 bits per heavy atom. The van der Waals surface area contributed by atoms with Crippen molar-refractivity contribution in [3.05, 3.63) is 56.6 Å². The minimum atomic E-state index is -4.80. The Hall–Kier alpha value is -1.74. The number of allylic oxidation sites excluding steroid dienone is 3. The van der Waals surface area contributed by atoms with Crippen molar-refractivity contribution in [2.24, 2.45) is 17.3 Å². The van der Waals surface area contributed by atoms with Crippen LogP contribution in [0.1, 0.15) is 31.9 Å². The van der Waals surface area contributed by atoms with Gasteiger partial charge in [-0.15, -0.1) is 0 Å². The van der Waals surface area contributed by atoms with Crippen molar-refractivity contribution in [3.63, 3.8) is 0 Å². The summed E-state index contributed by atoms with van der Waals surface area (Å²) in [6, 6.07) is 0. The third-order valence-electron chi connectivity index (χ3n) is 5.21. The molecule has 1 aromatic rings. The van der Waals surface area contributed by atoms with Gasteiger partial charge in [0.1, 0.15) is 11.6 Å². The number of esters is 1. The van der Waals surface area contributed by atoms with E-state index in [9.17, 15) is 35.5 Å². The average molecular weight is 493 g/mol. The van der Waals surface area contributed by atoms with Gasteiger partial charge in [-0.25, -0.2) is 17.6 Å². The molecular weight excluding hydrogens is 476 g/mol. The lowest BCUT2D eigenvalue weighted by molar-refractivity contribution is -0.147. The summed E-state index contributed by atoms with van der Waals surface area (Å²) >= 11 is 10.6. The van der Waals surface area contributed by atoms with Gasteiger partial charge in [0.15, 0.2) is 23.3 Å². The third kappa shape index (κ3) is 5.19. The Bertz CT molecular complexity index is 923. The molecule has 2 nitrogen and oxygen atoms in total. The number of hydrogen-bond acceptors (Lipinski definition) is 2. The van der Waals surface area contributed by atoms with Crippen LogP contribution >= 0.6 is 23.2 Å². The van der Waals surface area contributed by atoms with E-state index in [0.29, 0.717) is 6.08 Å². The molecule has 0 saturated heterocycles. The van der Waals surface area contributed by atoms with Crippen molar-refractivity contribution in [2.75, 3.05) is 0 Å². The summed E-state index contributed by atoms with van der Waals surface area (Å²) in [7, 11) is 0. The van der Waals surface area contributed by atoms with E-state index in [1.54, 1.807) is 0 Å². The molecule has 2 rings (SSSR count). The Balaban J connectivity index is 2.21. The predicted octanol–water partition coefficient (Wildman–Crippen LogP) is 6.93. The van der Waals surface area contributed by atoms with Gasteiger partial charge in [-0.3, -0.25) is 4.79 Å². The number of halogens is 9. The average Bonchev–Trinajstić information content (AvgIpc) is 3.22. The second-order valence-electron chi connectivity index (χ2n) is 7.79. The van der Waals surface area contributed by atoms with Crippen molar-refractivity contribution in [2.45, 2.75) is 40.0 Å². The largest absolute Gasteiger partial charge is 0.460 e. The van der Waals surface area contributed by atoms with Crippen LogP contribution in [0.15, 0.2) is 22.2 Å². The van der Waals surface area contributed by atoms with Gasteiger partial charge in [-0.1, -0.05) is 48.7 Å². The van der Waals surface area contributed by atoms with Crippen molar-refractivity contribution < 1.29 is 40.3 Å². The van der Waals surface area contributed by atoms with Gasteiger partial charge in [0.25, 0.3) is 0 Å². The standard InChI is InChI=1S/C20H17Cl2F7O2/c1-8(6-21)4-9-14(23)16(25)10(17(26)15(9)24)7-31-18(30)13-11(19(13,2)3)5-12(22)20(27,28)29/h5-6,11,13H,4,7H2,1-3H3/b8-6?,12-5-/t11-,13-/m1/s1. The zero-order valence-corrected chi connectivity index (χ0v) is 18.0. The Morgan fingerprint density at radius 3 is 2.00 bits per heavy atom. The molecule has 1 saturated carbocycles. The zero-order valence-electron chi connectivity index (χ0n) is 16.4. The molecule has 11 heteroatoms. The summed E-state index contributed by atoms with van der Waals surface area (Å²) < 4.78 is 99.6. The Morgan fingerprint density at radius 2 is 1.55 bits per heavy atom. The molecule has 0 spiro atoms. The summed E-state index contributed by atoms with van der Waals surface area (Å²) in [5.74, 6) is -9.90. The first-order valence-corrected chi connectivity index (χ1v) is 9.66.